The molecule has 2 aromatic carbocycles. The molecule has 0 saturated heterocycles. The summed E-state index contributed by atoms with van der Waals surface area (Å²) in [6.07, 6.45) is 1.14. The summed E-state index contributed by atoms with van der Waals surface area (Å²) in [5, 5.41) is 1.97. The first-order chi connectivity index (χ1) is 15.2. The van der Waals surface area contributed by atoms with Gasteiger partial charge in [0, 0.05) is 29.6 Å². The zero-order chi connectivity index (χ0) is 23.3. The Labute approximate surface area is 195 Å². The second-order valence-corrected chi connectivity index (χ2v) is 10.4. The summed E-state index contributed by atoms with van der Waals surface area (Å²) in [6.45, 7) is 2.04. The first kappa shape index (κ1) is 24.3. The van der Waals surface area contributed by atoms with Gasteiger partial charge in [0.25, 0.3) is 0 Å². The van der Waals surface area contributed by atoms with Crippen molar-refractivity contribution in [3.63, 3.8) is 0 Å². The van der Waals surface area contributed by atoms with Gasteiger partial charge in [-0.3, -0.25) is 19.5 Å². The molecule has 0 aliphatic carbocycles. The standard InChI is InChI=1S/C20H23ClN4O5S2/c1-14(26)25(22-12-15-5-3-4-6-17(15)21)9-10-30-23-20(27)24-13-31-19-11-16(32(2,28)29)7-8-18(19)24/h3-8,11,22H,9-10,12-13H2,1-2H3,(H,23,27). The molecule has 2 aromatic rings. The van der Waals surface area contributed by atoms with Gasteiger partial charge >= 0.3 is 6.03 Å². The third kappa shape index (κ3) is 6.14. The van der Waals surface area contributed by atoms with Crippen molar-refractivity contribution in [1.29, 1.82) is 0 Å². The topological polar surface area (TPSA) is 108 Å². The number of halogens is 1. The number of hydroxylamine groups is 1. The Kier molecular flexibility index (Phi) is 8.01. The lowest BCUT2D eigenvalue weighted by molar-refractivity contribution is -0.133. The van der Waals surface area contributed by atoms with Crippen molar-refractivity contribution in [3.8, 4) is 0 Å². The van der Waals surface area contributed by atoms with Crippen LogP contribution in [0.4, 0.5) is 10.5 Å². The number of sulfone groups is 1. The largest absolute Gasteiger partial charge is 0.346 e. The number of benzene rings is 2. The molecule has 0 aromatic heterocycles. The molecule has 0 unspecified atom stereocenters. The highest BCUT2D eigenvalue weighted by Gasteiger charge is 2.27. The van der Waals surface area contributed by atoms with Crippen LogP contribution in [0, 0.1) is 0 Å². The van der Waals surface area contributed by atoms with E-state index in [0.29, 0.717) is 28.0 Å². The highest BCUT2D eigenvalue weighted by molar-refractivity contribution is 8.00. The number of carbonyl (C=O) groups is 2. The number of rotatable bonds is 8. The molecule has 0 radical (unpaired) electrons. The molecule has 1 heterocycles. The maximum Gasteiger partial charge on any atom is 0.346 e. The van der Waals surface area contributed by atoms with Crippen molar-refractivity contribution in [2.45, 2.75) is 23.3 Å². The Morgan fingerprint density at radius 1 is 1.25 bits per heavy atom. The highest BCUT2D eigenvalue weighted by atomic mass is 35.5. The van der Waals surface area contributed by atoms with E-state index in [4.69, 9.17) is 16.4 Å². The summed E-state index contributed by atoms with van der Waals surface area (Å²) in [5.41, 5.74) is 6.80. The van der Waals surface area contributed by atoms with Crippen LogP contribution in [0.5, 0.6) is 0 Å². The number of hydrogen-bond donors (Lipinski definition) is 2. The van der Waals surface area contributed by atoms with E-state index in [9.17, 15) is 18.0 Å². The molecule has 3 rings (SSSR count). The number of fused-ring (bicyclic) bond motifs is 1. The van der Waals surface area contributed by atoms with Crippen LogP contribution in [0.15, 0.2) is 52.3 Å². The third-order valence-electron chi connectivity index (χ3n) is 4.62. The smallest absolute Gasteiger partial charge is 0.282 e. The van der Waals surface area contributed by atoms with Crippen LogP contribution in [0.2, 0.25) is 5.02 Å². The minimum absolute atomic E-state index is 0.0572. The van der Waals surface area contributed by atoms with Crippen molar-refractivity contribution in [2.24, 2.45) is 0 Å². The number of urea groups is 1. The predicted octanol–water partition coefficient (Wildman–Crippen LogP) is 2.81. The third-order valence-corrected chi connectivity index (χ3v) is 7.12. The lowest BCUT2D eigenvalue weighted by atomic mass is 10.2. The van der Waals surface area contributed by atoms with Crippen LogP contribution in [-0.4, -0.2) is 50.6 Å². The Morgan fingerprint density at radius 2 is 2.00 bits per heavy atom. The van der Waals surface area contributed by atoms with E-state index in [2.05, 4.69) is 10.9 Å². The summed E-state index contributed by atoms with van der Waals surface area (Å²) in [5.74, 6) is 0.120. The van der Waals surface area contributed by atoms with Crippen molar-refractivity contribution >= 4 is 50.8 Å². The molecule has 32 heavy (non-hydrogen) atoms. The fourth-order valence-electron chi connectivity index (χ4n) is 2.91. The van der Waals surface area contributed by atoms with Gasteiger partial charge in [0.1, 0.15) is 0 Å². The molecule has 0 saturated carbocycles. The van der Waals surface area contributed by atoms with Gasteiger partial charge in [0.05, 0.1) is 29.6 Å². The van der Waals surface area contributed by atoms with E-state index in [1.807, 2.05) is 18.2 Å². The Morgan fingerprint density at radius 3 is 2.69 bits per heavy atom. The van der Waals surface area contributed by atoms with Gasteiger partial charge < -0.3 is 0 Å². The van der Waals surface area contributed by atoms with Crippen LogP contribution in [0.1, 0.15) is 12.5 Å². The predicted molar refractivity (Wildman–Crippen MR) is 123 cm³/mol. The molecule has 0 fully saturated rings. The van der Waals surface area contributed by atoms with Gasteiger partial charge in [-0.25, -0.2) is 24.1 Å². The number of hydrazine groups is 1. The molecule has 1 aliphatic rings. The first-order valence-electron chi connectivity index (χ1n) is 9.58. The molecular weight excluding hydrogens is 476 g/mol. The average molecular weight is 499 g/mol. The van der Waals surface area contributed by atoms with Crippen molar-refractivity contribution in [1.82, 2.24) is 15.9 Å². The van der Waals surface area contributed by atoms with E-state index in [1.165, 1.54) is 34.7 Å². The number of anilines is 1. The van der Waals surface area contributed by atoms with E-state index in [1.54, 1.807) is 18.2 Å². The normalized spacial score (nSPS) is 13.0. The zero-order valence-electron chi connectivity index (χ0n) is 17.5. The number of nitrogens with zero attached hydrogens (tertiary/aromatic N) is 2. The van der Waals surface area contributed by atoms with Crippen LogP contribution in [0.3, 0.4) is 0 Å². The van der Waals surface area contributed by atoms with Gasteiger partial charge in [-0.1, -0.05) is 29.8 Å². The summed E-state index contributed by atoms with van der Waals surface area (Å²) in [6, 6.07) is 11.4. The van der Waals surface area contributed by atoms with Gasteiger partial charge in [-0.15, -0.1) is 11.8 Å². The van der Waals surface area contributed by atoms with E-state index in [-0.39, 0.29) is 24.0 Å². The lowest BCUT2D eigenvalue weighted by Gasteiger charge is -2.23. The summed E-state index contributed by atoms with van der Waals surface area (Å²) in [4.78, 5) is 31.9. The van der Waals surface area contributed by atoms with E-state index < -0.39 is 15.9 Å². The van der Waals surface area contributed by atoms with Gasteiger partial charge in [-0.05, 0) is 29.8 Å². The molecule has 0 bridgehead atoms. The first-order valence-corrected chi connectivity index (χ1v) is 12.8. The second-order valence-electron chi connectivity index (χ2n) is 6.96. The molecular formula is C20H23ClN4O5S2. The maximum atomic E-state index is 12.5. The van der Waals surface area contributed by atoms with Crippen molar-refractivity contribution in [2.75, 3.05) is 30.2 Å². The minimum atomic E-state index is -3.32. The number of thioether (sulfide) groups is 1. The molecule has 12 heteroatoms. The number of amides is 3. The Bertz CT molecular complexity index is 1110. The highest BCUT2D eigenvalue weighted by Crippen LogP contribution is 2.39. The molecule has 9 nitrogen and oxygen atoms in total. The SMILES string of the molecule is CC(=O)N(CCONC(=O)N1CSc2cc(S(C)(=O)=O)ccc21)NCc1ccccc1Cl. The average Bonchev–Trinajstić information content (AvgIpc) is 3.16. The zero-order valence-corrected chi connectivity index (χ0v) is 19.9. The molecule has 172 valence electrons. The summed E-state index contributed by atoms with van der Waals surface area (Å²) < 4.78 is 23.4. The number of hydrogen-bond acceptors (Lipinski definition) is 7. The summed E-state index contributed by atoms with van der Waals surface area (Å²) >= 11 is 7.49. The molecule has 0 atom stereocenters. The van der Waals surface area contributed by atoms with Crippen molar-refractivity contribution in [3.05, 3.63) is 53.1 Å². The monoisotopic (exact) mass is 498 g/mol. The van der Waals surface area contributed by atoms with Gasteiger partial charge in [-0.2, -0.15) is 0 Å². The quantitative estimate of drug-likeness (QED) is 0.425. The minimum Gasteiger partial charge on any atom is -0.282 e. The summed E-state index contributed by atoms with van der Waals surface area (Å²) in [7, 11) is -3.32. The van der Waals surface area contributed by atoms with Crippen LogP contribution in [-0.2, 0) is 26.0 Å². The van der Waals surface area contributed by atoms with Crippen LogP contribution < -0.4 is 15.8 Å². The fourth-order valence-corrected chi connectivity index (χ4v) is 4.90. The maximum absolute atomic E-state index is 12.5. The van der Waals surface area contributed by atoms with E-state index in [0.717, 1.165) is 11.8 Å². The lowest BCUT2D eigenvalue weighted by Crippen LogP contribution is -2.45. The Hall–Kier alpha value is -2.31. The molecule has 1 aliphatic heterocycles. The number of nitrogens with one attached hydrogen (secondary N) is 2. The number of carbonyl (C=O) groups excluding carboxylic acids is 2. The van der Waals surface area contributed by atoms with Gasteiger partial charge in [0.15, 0.2) is 9.84 Å². The Balaban J connectivity index is 1.48. The van der Waals surface area contributed by atoms with E-state index >= 15 is 0 Å². The van der Waals surface area contributed by atoms with Crippen molar-refractivity contribution < 1.29 is 22.8 Å². The fraction of sp³-hybridized carbons (Fsp3) is 0.300. The van der Waals surface area contributed by atoms with Crippen LogP contribution in [0.25, 0.3) is 0 Å². The molecule has 2 N–H and O–H groups in total. The second kappa shape index (κ2) is 10.5. The van der Waals surface area contributed by atoms with Crippen LogP contribution >= 0.6 is 23.4 Å². The molecule has 3 amide bonds. The van der Waals surface area contributed by atoms with Gasteiger partial charge in [0.2, 0.25) is 5.91 Å². The molecule has 0 spiro atoms.